The van der Waals surface area contributed by atoms with E-state index in [0.717, 1.165) is 18.2 Å². The van der Waals surface area contributed by atoms with Gasteiger partial charge in [0, 0.05) is 0 Å². The second-order valence-corrected chi connectivity index (χ2v) is 3.52. The molecule has 3 N–H and O–H groups in total. The first-order valence-electron chi connectivity index (χ1n) is 3.53. The van der Waals surface area contributed by atoms with Crippen molar-refractivity contribution in [2.24, 2.45) is 0 Å². The van der Waals surface area contributed by atoms with Gasteiger partial charge >= 0.3 is 16.4 Å². The minimum Gasteiger partial charge on any atom is -0.504 e. The molecule has 0 unspecified atom stereocenters. The number of carboxylic acids is 1. The van der Waals surface area contributed by atoms with E-state index >= 15 is 0 Å². The van der Waals surface area contributed by atoms with Gasteiger partial charge in [0.2, 0.25) is 0 Å². The molecule has 0 radical (unpaired) electrons. The highest BCUT2D eigenvalue weighted by atomic mass is 32.3. The van der Waals surface area contributed by atoms with Gasteiger partial charge in [0.25, 0.3) is 0 Å². The Balaban J connectivity index is 3.09. The minimum absolute atomic E-state index is 0.241. The number of phenols is 1. The molecular weight excluding hydrogens is 228 g/mol. The summed E-state index contributed by atoms with van der Waals surface area (Å²) in [6.45, 7) is 0. The van der Waals surface area contributed by atoms with Crippen molar-refractivity contribution >= 4 is 16.4 Å². The zero-order valence-electron chi connectivity index (χ0n) is 7.11. The van der Waals surface area contributed by atoms with E-state index in [4.69, 9.17) is 14.8 Å². The number of hydrogen-bond acceptors (Lipinski definition) is 5. The minimum atomic E-state index is -4.74. The molecule has 15 heavy (non-hydrogen) atoms. The first-order valence-corrected chi connectivity index (χ1v) is 4.89. The van der Waals surface area contributed by atoms with Crippen LogP contribution in [0.15, 0.2) is 18.2 Å². The van der Waals surface area contributed by atoms with Crippen LogP contribution in [0.2, 0.25) is 0 Å². The predicted molar refractivity (Wildman–Crippen MR) is 47.2 cm³/mol. The largest absolute Gasteiger partial charge is 0.504 e. The van der Waals surface area contributed by atoms with Gasteiger partial charge in [0.1, 0.15) is 0 Å². The molecule has 0 aliphatic carbocycles. The van der Waals surface area contributed by atoms with E-state index in [1.807, 2.05) is 0 Å². The van der Waals surface area contributed by atoms with Crippen LogP contribution in [0.4, 0.5) is 0 Å². The number of hydrogen-bond donors (Lipinski definition) is 3. The quantitative estimate of drug-likeness (QED) is 0.641. The summed E-state index contributed by atoms with van der Waals surface area (Å²) in [6, 6.07) is 2.72. The summed E-state index contributed by atoms with van der Waals surface area (Å²) >= 11 is 0. The first kappa shape index (κ1) is 11.3. The molecule has 1 aromatic carbocycles. The third-order valence-corrected chi connectivity index (χ3v) is 1.79. The maximum absolute atomic E-state index is 10.4. The Morgan fingerprint density at radius 3 is 2.33 bits per heavy atom. The van der Waals surface area contributed by atoms with Gasteiger partial charge in [-0.1, -0.05) is 0 Å². The van der Waals surface area contributed by atoms with Crippen molar-refractivity contribution in [3.63, 3.8) is 0 Å². The Bertz CT molecular complexity index is 490. The molecule has 0 spiro atoms. The molecule has 0 bridgehead atoms. The average molecular weight is 234 g/mol. The molecule has 0 atom stereocenters. The van der Waals surface area contributed by atoms with Crippen LogP contribution in [0.3, 0.4) is 0 Å². The second kappa shape index (κ2) is 3.75. The van der Waals surface area contributed by atoms with E-state index in [-0.39, 0.29) is 5.56 Å². The molecule has 7 nitrogen and oxygen atoms in total. The zero-order chi connectivity index (χ0) is 11.6. The van der Waals surface area contributed by atoms with Crippen molar-refractivity contribution in [2.75, 3.05) is 0 Å². The smallest absolute Gasteiger partial charge is 0.446 e. The van der Waals surface area contributed by atoms with Gasteiger partial charge in [-0.25, -0.2) is 4.79 Å². The van der Waals surface area contributed by atoms with Crippen molar-refractivity contribution in [1.29, 1.82) is 0 Å². The van der Waals surface area contributed by atoms with Gasteiger partial charge in [-0.3, -0.25) is 4.55 Å². The van der Waals surface area contributed by atoms with E-state index in [0.29, 0.717) is 0 Å². The van der Waals surface area contributed by atoms with Gasteiger partial charge in [-0.2, -0.15) is 8.42 Å². The monoisotopic (exact) mass is 234 g/mol. The molecule has 0 aromatic heterocycles. The third-order valence-electron chi connectivity index (χ3n) is 1.40. The van der Waals surface area contributed by atoms with Gasteiger partial charge < -0.3 is 14.4 Å². The lowest BCUT2D eigenvalue weighted by molar-refractivity contribution is 0.0696. The number of benzene rings is 1. The molecular formula is C7H6O7S. The van der Waals surface area contributed by atoms with Crippen LogP contribution in [-0.4, -0.2) is 29.2 Å². The van der Waals surface area contributed by atoms with E-state index in [9.17, 15) is 13.2 Å². The zero-order valence-corrected chi connectivity index (χ0v) is 7.93. The van der Waals surface area contributed by atoms with Gasteiger partial charge in [-0.15, -0.1) is 0 Å². The van der Waals surface area contributed by atoms with Crippen LogP contribution in [-0.2, 0) is 10.4 Å². The van der Waals surface area contributed by atoms with Gasteiger partial charge in [-0.05, 0) is 18.2 Å². The first-order chi connectivity index (χ1) is 6.79. The molecule has 0 aliphatic heterocycles. The number of carboxylic acid groups (broad SMARTS) is 1. The lowest BCUT2D eigenvalue weighted by Gasteiger charge is -2.04. The van der Waals surface area contributed by atoms with Crippen molar-refractivity contribution in [3.05, 3.63) is 23.8 Å². The highest BCUT2D eigenvalue weighted by molar-refractivity contribution is 7.81. The maximum Gasteiger partial charge on any atom is 0.446 e. The Morgan fingerprint density at radius 1 is 1.33 bits per heavy atom. The van der Waals surface area contributed by atoms with E-state index in [1.54, 1.807) is 0 Å². The normalized spacial score (nSPS) is 11.0. The van der Waals surface area contributed by atoms with Crippen molar-refractivity contribution < 1.29 is 32.2 Å². The van der Waals surface area contributed by atoms with Crippen molar-refractivity contribution in [2.45, 2.75) is 0 Å². The van der Waals surface area contributed by atoms with E-state index in [1.165, 1.54) is 0 Å². The fourth-order valence-electron chi connectivity index (χ4n) is 0.834. The molecule has 0 heterocycles. The lowest BCUT2D eigenvalue weighted by Crippen LogP contribution is -2.07. The molecule has 1 aromatic rings. The Kier molecular flexibility index (Phi) is 2.82. The SMILES string of the molecule is O=C(O)c1ccc(OS(=O)(=O)O)c(O)c1. The summed E-state index contributed by atoms with van der Waals surface area (Å²) in [6.07, 6.45) is 0. The fraction of sp³-hybridized carbons (Fsp3) is 0. The molecule has 0 amide bonds. The maximum atomic E-state index is 10.4. The number of rotatable bonds is 3. The standard InChI is InChI=1S/C7H6O7S/c8-5-3-4(7(9)10)1-2-6(5)14-15(11,12)13/h1-3,8H,(H,9,10)(H,11,12,13). The van der Waals surface area contributed by atoms with Crippen molar-refractivity contribution in [3.8, 4) is 11.5 Å². The number of aromatic hydroxyl groups is 1. The van der Waals surface area contributed by atoms with Crippen LogP contribution in [0.5, 0.6) is 11.5 Å². The molecule has 0 aliphatic rings. The van der Waals surface area contributed by atoms with Crippen LogP contribution in [0.1, 0.15) is 10.4 Å². The number of aromatic carboxylic acids is 1. The van der Waals surface area contributed by atoms with Crippen LogP contribution >= 0.6 is 0 Å². The molecule has 0 fully saturated rings. The average Bonchev–Trinajstić information content (AvgIpc) is 2.05. The third kappa shape index (κ3) is 3.11. The molecule has 1 rings (SSSR count). The second-order valence-electron chi connectivity index (χ2n) is 2.50. The summed E-state index contributed by atoms with van der Waals surface area (Å²) < 4.78 is 32.8. The summed E-state index contributed by atoms with van der Waals surface area (Å²) in [5.74, 6) is -2.54. The molecule has 0 saturated carbocycles. The fourth-order valence-corrected chi connectivity index (χ4v) is 1.20. The summed E-state index contributed by atoms with van der Waals surface area (Å²) in [7, 11) is -4.74. The van der Waals surface area contributed by atoms with E-state index in [2.05, 4.69) is 4.18 Å². The topological polar surface area (TPSA) is 121 Å². The molecule has 0 saturated heterocycles. The molecule has 8 heteroatoms. The summed E-state index contributed by atoms with van der Waals surface area (Å²) in [4.78, 5) is 10.4. The lowest BCUT2D eigenvalue weighted by atomic mass is 10.2. The predicted octanol–water partition coefficient (Wildman–Crippen LogP) is 0.272. The summed E-state index contributed by atoms with van der Waals surface area (Å²) in [5, 5.41) is 17.7. The highest BCUT2D eigenvalue weighted by Gasteiger charge is 2.13. The van der Waals surface area contributed by atoms with E-state index < -0.39 is 27.9 Å². The van der Waals surface area contributed by atoms with Crippen LogP contribution in [0, 0.1) is 0 Å². The Hall–Kier alpha value is -1.80. The van der Waals surface area contributed by atoms with Crippen LogP contribution in [0.25, 0.3) is 0 Å². The van der Waals surface area contributed by atoms with Crippen molar-refractivity contribution in [1.82, 2.24) is 0 Å². The summed E-state index contributed by atoms with van der Waals surface area (Å²) in [5.41, 5.74) is -0.241. The highest BCUT2D eigenvalue weighted by Crippen LogP contribution is 2.27. The Morgan fingerprint density at radius 2 is 1.93 bits per heavy atom. The number of carbonyl (C=O) groups is 1. The van der Waals surface area contributed by atoms with Gasteiger partial charge in [0.05, 0.1) is 5.56 Å². The molecule has 82 valence electrons. The van der Waals surface area contributed by atoms with Gasteiger partial charge in [0.15, 0.2) is 11.5 Å². The number of phenolic OH excluding ortho intramolecular Hbond substituents is 1. The van der Waals surface area contributed by atoms with Crippen LogP contribution < -0.4 is 4.18 Å². The Labute approximate surface area is 84.5 Å².